The van der Waals surface area contributed by atoms with Crippen LogP contribution in [0.2, 0.25) is 0 Å². The number of anilines is 1. The number of hydrogen-bond donors (Lipinski definition) is 2. The number of benzene rings is 3. The number of aromatic amines is 1. The van der Waals surface area contributed by atoms with Gasteiger partial charge < -0.3 is 4.98 Å². The lowest BCUT2D eigenvalue weighted by molar-refractivity contribution is 0.551. The molecule has 0 bridgehead atoms. The van der Waals surface area contributed by atoms with Crippen molar-refractivity contribution in [2.24, 2.45) is 0 Å². The fraction of sp³-hybridized carbons (Fsp3) is 0. The number of fused-ring (bicyclic) bond motifs is 1. The number of para-hydroxylation sites is 2. The summed E-state index contributed by atoms with van der Waals surface area (Å²) in [5.41, 5.74) is 2.52. The van der Waals surface area contributed by atoms with Crippen molar-refractivity contribution >= 4 is 26.6 Å². The van der Waals surface area contributed by atoms with E-state index in [-0.39, 0.29) is 5.69 Å². The molecule has 0 aliphatic heterocycles. The van der Waals surface area contributed by atoms with Gasteiger partial charge in [-0.15, -0.1) is 0 Å². The third-order valence-corrected chi connectivity index (χ3v) is 5.57. The smallest absolute Gasteiger partial charge is 0.264 e. The summed E-state index contributed by atoms with van der Waals surface area (Å²) in [5.74, 6) is -1.99. The van der Waals surface area contributed by atoms with E-state index >= 15 is 0 Å². The lowest BCUT2D eigenvalue weighted by atomic mass is 10.1. The van der Waals surface area contributed by atoms with Crippen LogP contribution in [0.5, 0.6) is 0 Å². The van der Waals surface area contributed by atoms with Gasteiger partial charge in [0.15, 0.2) is 0 Å². The number of halogens is 2. The Bertz CT molecular complexity index is 1220. The van der Waals surface area contributed by atoms with E-state index in [1.165, 1.54) is 0 Å². The van der Waals surface area contributed by atoms with Crippen molar-refractivity contribution in [2.75, 3.05) is 4.72 Å². The van der Waals surface area contributed by atoms with Crippen molar-refractivity contribution in [2.45, 2.75) is 4.90 Å². The Labute approximate surface area is 154 Å². The van der Waals surface area contributed by atoms with Gasteiger partial charge >= 0.3 is 0 Å². The van der Waals surface area contributed by atoms with Crippen LogP contribution in [0.3, 0.4) is 0 Å². The normalized spacial score (nSPS) is 11.6. The molecule has 4 nitrogen and oxygen atoms in total. The summed E-state index contributed by atoms with van der Waals surface area (Å²) in [6, 6.07) is 18.7. The zero-order valence-corrected chi connectivity index (χ0v) is 14.7. The molecule has 136 valence electrons. The molecule has 0 saturated carbocycles. The highest BCUT2D eigenvalue weighted by atomic mass is 32.2. The molecule has 0 aliphatic carbocycles. The number of sulfonamides is 1. The summed E-state index contributed by atoms with van der Waals surface area (Å²) in [6.45, 7) is 0. The number of rotatable bonds is 4. The zero-order chi connectivity index (χ0) is 19.0. The van der Waals surface area contributed by atoms with Gasteiger partial charge in [-0.2, -0.15) is 0 Å². The predicted octanol–water partition coefficient (Wildman–Crippen LogP) is 4.91. The van der Waals surface area contributed by atoms with Gasteiger partial charge in [-0.25, -0.2) is 17.2 Å². The summed E-state index contributed by atoms with van der Waals surface area (Å²) in [6.07, 6.45) is 0. The van der Waals surface area contributed by atoms with E-state index in [4.69, 9.17) is 0 Å². The average Bonchev–Trinajstić information content (AvgIpc) is 3.05. The highest BCUT2D eigenvalue weighted by Gasteiger charge is 2.21. The Kier molecular flexibility index (Phi) is 4.16. The van der Waals surface area contributed by atoms with Gasteiger partial charge in [-0.3, -0.25) is 4.72 Å². The highest BCUT2D eigenvalue weighted by Crippen LogP contribution is 2.31. The van der Waals surface area contributed by atoms with Gasteiger partial charge in [0, 0.05) is 28.2 Å². The van der Waals surface area contributed by atoms with Crippen LogP contribution >= 0.6 is 0 Å². The van der Waals surface area contributed by atoms with Crippen molar-refractivity contribution < 1.29 is 17.2 Å². The Morgan fingerprint density at radius 3 is 2.37 bits per heavy atom. The van der Waals surface area contributed by atoms with Gasteiger partial charge in [0.25, 0.3) is 10.0 Å². The van der Waals surface area contributed by atoms with Crippen molar-refractivity contribution in [3.63, 3.8) is 0 Å². The number of nitrogens with one attached hydrogen (secondary N) is 2. The summed E-state index contributed by atoms with van der Waals surface area (Å²) >= 11 is 0. The summed E-state index contributed by atoms with van der Waals surface area (Å²) in [4.78, 5) is 2.62. The molecule has 1 aromatic heterocycles. The molecule has 0 fully saturated rings. The van der Waals surface area contributed by atoms with E-state index in [2.05, 4.69) is 9.71 Å². The van der Waals surface area contributed by atoms with E-state index in [1.807, 2.05) is 30.3 Å². The Balaban J connectivity index is 1.77. The fourth-order valence-electron chi connectivity index (χ4n) is 2.92. The van der Waals surface area contributed by atoms with Crippen molar-refractivity contribution in [1.82, 2.24) is 4.98 Å². The first-order valence-electron chi connectivity index (χ1n) is 8.09. The predicted molar refractivity (Wildman–Crippen MR) is 101 cm³/mol. The molecule has 3 aromatic carbocycles. The molecule has 2 N–H and O–H groups in total. The molecular weight excluding hydrogens is 370 g/mol. The number of hydrogen-bond acceptors (Lipinski definition) is 2. The van der Waals surface area contributed by atoms with Crippen LogP contribution in [0.25, 0.3) is 22.2 Å². The van der Waals surface area contributed by atoms with Gasteiger partial charge in [-0.1, -0.05) is 36.4 Å². The van der Waals surface area contributed by atoms with E-state index in [0.29, 0.717) is 17.3 Å². The molecule has 1 heterocycles. The monoisotopic (exact) mass is 384 g/mol. The van der Waals surface area contributed by atoms with Crippen LogP contribution in [0, 0.1) is 11.6 Å². The van der Waals surface area contributed by atoms with Crippen molar-refractivity contribution in [1.29, 1.82) is 0 Å². The van der Waals surface area contributed by atoms with Crippen LogP contribution in [0.1, 0.15) is 0 Å². The highest BCUT2D eigenvalue weighted by molar-refractivity contribution is 7.92. The second-order valence-electron chi connectivity index (χ2n) is 6.00. The maximum absolute atomic E-state index is 13.9. The van der Waals surface area contributed by atoms with E-state index in [1.54, 1.807) is 24.3 Å². The van der Waals surface area contributed by atoms with Gasteiger partial charge in [0.2, 0.25) is 0 Å². The number of aromatic nitrogens is 1. The van der Waals surface area contributed by atoms with Crippen LogP contribution in [0.15, 0.2) is 77.7 Å². The van der Waals surface area contributed by atoms with Crippen LogP contribution < -0.4 is 4.72 Å². The summed E-state index contributed by atoms with van der Waals surface area (Å²) in [5, 5.41) is 0.981. The second-order valence-corrected chi connectivity index (χ2v) is 7.65. The first kappa shape index (κ1) is 17.2. The third kappa shape index (κ3) is 3.29. The molecule has 4 aromatic rings. The molecule has 0 aliphatic rings. The first-order chi connectivity index (χ1) is 12.9. The Hall–Kier alpha value is -3.19. The van der Waals surface area contributed by atoms with Crippen molar-refractivity contribution in [3.05, 3.63) is 84.4 Å². The van der Waals surface area contributed by atoms with E-state index < -0.39 is 26.6 Å². The second kappa shape index (κ2) is 6.51. The standard InChI is InChI=1S/C20H14F2N2O2S/c21-14-9-10-20(16(22)12-14)27(25,26)24-18-8-4-2-6-15(18)19-11-13-5-1-3-7-17(13)23-19/h1-12,23-24H. The minimum atomic E-state index is -4.23. The topological polar surface area (TPSA) is 62.0 Å². The molecule has 0 unspecified atom stereocenters. The SMILES string of the molecule is O=S(=O)(Nc1ccccc1-c1cc2ccccc2[nH]1)c1ccc(F)cc1F. The van der Waals surface area contributed by atoms with E-state index in [0.717, 1.165) is 23.0 Å². The molecular formula is C20H14F2N2O2S. The van der Waals surface area contributed by atoms with E-state index in [9.17, 15) is 17.2 Å². The average molecular weight is 384 g/mol. The molecule has 0 saturated heterocycles. The van der Waals surface area contributed by atoms with Crippen LogP contribution in [0.4, 0.5) is 14.5 Å². The van der Waals surface area contributed by atoms with Gasteiger partial charge in [0.05, 0.1) is 5.69 Å². The maximum atomic E-state index is 13.9. The lowest BCUT2D eigenvalue weighted by Gasteiger charge is -2.12. The minimum absolute atomic E-state index is 0.285. The molecule has 0 spiro atoms. The minimum Gasteiger partial charge on any atom is -0.354 e. The lowest BCUT2D eigenvalue weighted by Crippen LogP contribution is -2.15. The largest absolute Gasteiger partial charge is 0.354 e. The molecule has 4 rings (SSSR count). The van der Waals surface area contributed by atoms with Crippen LogP contribution in [-0.4, -0.2) is 13.4 Å². The van der Waals surface area contributed by atoms with Gasteiger partial charge in [-0.05, 0) is 30.3 Å². The quantitative estimate of drug-likeness (QED) is 0.525. The summed E-state index contributed by atoms with van der Waals surface area (Å²) < 4.78 is 54.6. The molecule has 0 amide bonds. The molecule has 7 heteroatoms. The maximum Gasteiger partial charge on any atom is 0.264 e. The fourth-order valence-corrected chi connectivity index (χ4v) is 4.06. The third-order valence-electron chi connectivity index (χ3n) is 4.17. The number of H-pyrrole nitrogens is 1. The van der Waals surface area contributed by atoms with Gasteiger partial charge in [0.1, 0.15) is 16.5 Å². The Morgan fingerprint density at radius 1 is 0.852 bits per heavy atom. The Morgan fingerprint density at radius 2 is 1.59 bits per heavy atom. The summed E-state index contributed by atoms with van der Waals surface area (Å²) in [7, 11) is -4.23. The molecule has 0 atom stereocenters. The molecule has 0 radical (unpaired) electrons. The van der Waals surface area contributed by atoms with Crippen molar-refractivity contribution in [3.8, 4) is 11.3 Å². The zero-order valence-electron chi connectivity index (χ0n) is 13.9. The molecule has 27 heavy (non-hydrogen) atoms. The van der Waals surface area contributed by atoms with Crippen LogP contribution in [-0.2, 0) is 10.0 Å². The first-order valence-corrected chi connectivity index (χ1v) is 9.57.